The summed E-state index contributed by atoms with van der Waals surface area (Å²) in [7, 11) is 0. The number of thiophene rings is 1. The fraction of sp³-hybridized carbons (Fsp3) is 0.150. The van der Waals surface area contributed by atoms with Gasteiger partial charge < -0.3 is 5.73 Å². The van der Waals surface area contributed by atoms with Crippen LogP contribution < -0.4 is 17.0 Å². The van der Waals surface area contributed by atoms with Crippen LogP contribution >= 0.6 is 11.3 Å². The fourth-order valence-corrected chi connectivity index (χ4v) is 4.19. The number of nitrogens with zero attached hydrogens (tertiary/aromatic N) is 4. The molecule has 11 heteroatoms. The molecule has 0 saturated heterocycles. The number of aromatic nitrogens is 4. The van der Waals surface area contributed by atoms with Crippen LogP contribution in [-0.4, -0.2) is 25.5 Å². The third-order valence-electron chi connectivity index (χ3n) is 4.71. The summed E-state index contributed by atoms with van der Waals surface area (Å²) in [5, 5.41) is 4.93. The van der Waals surface area contributed by atoms with E-state index >= 15 is 0 Å². The first-order valence-electron chi connectivity index (χ1n) is 9.13. The summed E-state index contributed by atoms with van der Waals surface area (Å²) in [5.41, 5.74) is 4.12. The Kier molecular flexibility index (Phi) is 5.61. The highest BCUT2D eigenvalue weighted by Gasteiger charge is 2.14. The lowest BCUT2D eigenvalue weighted by atomic mass is 10.2. The lowest BCUT2D eigenvalue weighted by Gasteiger charge is -2.08. The molecule has 160 valence electrons. The second kappa shape index (κ2) is 8.36. The number of rotatable bonds is 6. The van der Waals surface area contributed by atoms with E-state index in [2.05, 4.69) is 5.10 Å². The molecule has 4 aromatic rings. The Balaban J connectivity index is 1.66. The SMILES string of the molecule is NCC(Cn1ncn(Cc2ccc(-n3c(=O)ccc4cccc(F)c43)s2)c1=O)=C(F)F. The summed E-state index contributed by atoms with van der Waals surface area (Å²) >= 11 is 1.21. The van der Waals surface area contributed by atoms with Crippen LogP contribution in [0.1, 0.15) is 4.88 Å². The molecule has 0 atom stereocenters. The Hall–Kier alpha value is -3.44. The molecule has 0 saturated carbocycles. The standard InChI is InChI=1S/C20H16F3N5O2S/c21-15-3-1-2-12-4-6-16(29)28(18(12)15)17-7-5-14(31-17)10-26-11-25-27(20(26)30)9-13(8-24)19(22)23/h1-7,11H,8-10,24H2. The van der Waals surface area contributed by atoms with E-state index in [1.165, 1.54) is 38.9 Å². The van der Waals surface area contributed by atoms with Crippen molar-refractivity contribution in [3.63, 3.8) is 0 Å². The van der Waals surface area contributed by atoms with Gasteiger partial charge in [0.2, 0.25) is 0 Å². The van der Waals surface area contributed by atoms with Gasteiger partial charge in [0.05, 0.1) is 18.6 Å². The zero-order chi connectivity index (χ0) is 22.1. The maximum Gasteiger partial charge on any atom is 0.346 e. The molecular formula is C20H16F3N5O2S. The van der Waals surface area contributed by atoms with Crippen LogP contribution in [-0.2, 0) is 13.1 Å². The van der Waals surface area contributed by atoms with Crippen LogP contribution in [0.4, 0.5) is 13.2 Å². The fourth-order valence-electron chi connectivity index (χ4n) is 3.18. The largest absolute Gasteiger partial charge is 0.346 e. The van der Waals surface area contributed by atoms with Gasteiger partial charge in [0.1, 0.15) is 17.1 Å². The Morgan fingerprint density at radius 1 is 1.10 bits per heavy atom. The van der Waals surface area contributed by atoms with Gasteiger partial charge in [-0.05, 0) is 24.3 Å². The lowest BCUT2D eigenvalue weighted by molar-refractivity contribution is 0.400. The van der Waals surface area contributed by atoms with Gasteiger partial charge in [-0.2, -0.15) is 13.9 Å². The smallest absolute Gasteiger partial charge is 0.327 e. The Morgan fingerprint density at radius 2 is 1.90 bits per heavy atom. The van der Waals surface area contributed by atoms with Crippen molar-refractivity contribution in [3.05, 3.63) is 92.0 Å². The van der Waals surface area contributed by atoms with Gasteiger partial charge in [-0.3, -0.25) is 13.9 Å². The quantitative estimate of drug-likeness (QED) is 0.492. The zero-order valence-corrected chi connectivity index (χ0v) is 16.8. The van der Waals surface area contributed by atoms with Crippen molar-refractivity contribution in [2.45, 2.75) is 13.1 Å². The molecule has 3 heterocycles. The van der Waals surface area contributed by atoms with E-state index in [1.54, 1.807) is 30.3 Å². The summed E-state index contributed by atoms with van der Waals surface area (Å²) in [4.78, 5) is 25.6. The summed E-state index contributed by atoms with van der Waals surface area (Å²) < 4.78 is 43.5. The van der Waals surface area contributed by atoms with Crippen molar-refractivity contribution < 1.29 is 13.2 Å². The molecule has 0 fully saturated rings. The van der Waals surface area contributed by atoms with Crippen molar-refractivity contribution in [2.24, 2.45) is 5.73 Å². The topological polar surface area (TPSA) is 87.8 Å². The average Bonchev–Trinajstić information content (AvgIpc) is 3.34. The molecule has 1 aromatic carbocycles. The van der Waals surface area contributed by atoms with E-state index in [-0.39, 0.29) is 29.7 Å². The molecule has 0 radical (unpaired) electrons. The normalized spacial score (nSPS) is 11.2. The van der Waals surface area contributed by atoms with Crippen molar-refractivity contribution in [1.82, 2.24) is 18.9 Å². The predicted octanol–water partition coefficient (Wildman–Crippen LogP) is 2.71. The molecular weight excluding hydrogens is 431 g/mol. The van der Waals surface area contributed by atoms with Crippen LogP contribution in [0.15, 0.2) is 70.0 Å². The average molecular weight is 447 g/mol. The van der Waals surface area contributed by atoms with Crippen LogP contribution in [0.3, 0.4) is 0 Å². The number of hydrogen-bond acceptors (Lipinski definition) is 5. The first kappa shape index (κ1) is 20.8. The van der Waals surface area contributed by atoms with Crippen molar-refractivity contribution in [3.8, 4) is 5.00 Å². The summed E-state index contributed by atoms with van der Waals surface area (Å²) in [6.07, 6.45) is -0.685. The maximum atomic E-state index is 14.4. The predicted molar refractivity (Wildman–Crippen MR) is 111 cm³/mol. The van der Waals surface area contributed by atoms with Gasteiger partial charge in [0.15, 0.2) is 0 Å². The number of pyridine rings is 1. The van der Waals surface area contributed by atoms with Crippen molar-refractivity contribution in [2.75, 3.05) is 6.54 Å². The van der Waals surface area contributed by atoms with Crippen LogP contribution in [0.2, 0.25) is 0 Å². The van der Waals surface area contributed by atoms with E-state index in [0.717, 1.165) is 4.68 Å². The van der Waals surface area contributed by atoms with Crippen molar-refractivity contribution in [1.29, 1.82) is 0 Å². The minimum atomic E-state index is -1.93. The number of hydrogen-bond donors (Lipinski definition) is 1. The molecule has 0 amide bonds. The van der Waals surface area contributed by atoms with E-state index in [4.69, 9.17) is 5.73 Å². The third-order valence-corrected chi connectivity index (χ3v) is 5.77. The van der Waals surface area contributed by atoms with E-state index in [0.29, 0.717) is 15.3 Å². The van der Waals surface area contributed by atoms with Gasteiger partial charge in [-0.25, -0.2) is 13.9 Å². The first-order valence-corrected chi connectivity index (χ1v) is 9.95. The Bertz CT molecular complexity index is 1410. The molecule has 0 aliphatic heterocycles. The van der Waals surface area contributed by atoms with Gasteiger partial charge in [0, 0.05) is 28.4 Å². The van der Waals surface area contributed by atoms with Crippen molar-refractivity contribution >= 4 is 22.2 Å². The van der Waals surface area contributed by atoms with Gasteiger partial charge in [-0.15, -0.1) is 11.3 Å². The highest BCUT2D eigenvalue weighted by Crippen LogP contribution is 2.25. The molecule has 31 heavy (non-hydrogen) atoms. The van der Waals surface area contributed by atoms with E-state index in [9.17, 15) is 22.8 Å². The number of para-hydroxylation sites is 1. The molecule has 0 bridgehead atoms. The summed E-state index contributed by atoms with van der Waals surface area (Å²) in [6, 6.07) is 10.9. The Morgan fingerprint density at radius 3 is 2.65 bits per heavy atom. The molecule has 0 spiro atoms. The molecule has 3 aromatic heterocycles. The molecule has 4 rings (SSSR count). The number of nitrogens with two attached hydrogens (primary N) is 1. The highest BCUT2D eigenvalue weighted by atomic mass is 32.1. The highest BCUT2D eigenvalue weighted by molar-refractivity contribution is 7.14. The zero-order valence-electron chi connectivity index (χ0n) is 16.0. The van der Waals surface area contributed by atoms with Crippen LogP contribution in [0.5, 0.6) is 0 Å². The van der Waals surface area contributed by atoms with Gasteiger partial charge >= 0.3 is 5.69 Å². The molecule has 0 aliphatic rings. The van der Waals surface area contributed by atoms with Gasteiger partial charge in [0.25, 0.3) is 11.6 Å². The Labute approximate surface area is 177 Å². The number of benzene rings is 1. The molecule has 0 unspecified atom stereocenters. The minimum Gasteiger partial charge on any atom is -0.327 e. The van der Waals surface area contributed by atoms with E-state index < -0.39 is 24.1 Å². The summed E-state index contributed by atoms with van der Waals surface area (Å²) in [5.74, 6) is -0.522. The number of halogens is 3. The third kappa shape index (κ3) is 3.97. The molecule has 7 nitrogen and oxygen atoms in total. The first-order chi connectivity index (χ1) is 14.9. The monoisotopic (exact) mass is 447 g/mol. The lowest BCUT2D eigenvalue weighted by Crippen LogP contribution is -2.27. The minimum absolute atomic E-state index is 0.116. The number of fused-ring (bicyclic) bond motifs is 1. The van der Waals surface area contributed by atoms with Crippen LogP contribution in [0, 0.1) is 5.82 Å². The maximum absolute atomic E-state index is 14.4. The molecule has 0 aliphatic carbocycles. The van der Waals surface area contributed by atoms with Gasteiger partial charge in [-0.1, -0.05) is 12.1 Å². The second-order valence-electron chi connectivity index (χ2n) is 6.69. The summed E-state index contributed by atoms with van der Waals surface area (Å²) in [6.45, 7) is -0.664. The molecule has 2 N–H and O–H groups in total. The van der Waals surface area contributed by atoms with Crippen LogP contribution in [0.25, 0.3) is 15.9 Å². The second-order valence-corrected chi connectivity index (χ2v) is 7.84. The van der Waals surface area contributed by atoms with E-state index in [1.807, 2.05) is 0 Å².